The van der Waals surface area contributed by atoms with E-state index in [4.69, 9.17) is 4.58 Å². The van der Waals surface area contributed by atoms with Crippen molar-refractivity contribution in [2.24, 2.45) is 10.9 Å². The van der Waals surface area contributed by atoms with Gasteiger partial charge >= 0.3 is 0 Å². The highest BCUT2D eigenvalue weighted by Crippen LogP contribution is 2.43. The third kappa shape index (κ3) is 3.75. The number of hydrogen-bond acceptors (Lipinski definition) is 5. The molecule has 0 unspecified atom stereocenters. The van der Waals surface area contributed by atoms with E-state index in [0.29, 0.717) is 29.3 Å². The summed E-state index contributed by atoms with van der Waals surface area (Å²) in [7, 11) is -2.27. The first-order chi connectivity index (χ1) is 13.8. The van der Waals surface area contributed by atoms with Crippen molar-refractivity contribution in [3.05, 3.63) is 64.7 Å². The first-order valence-electron chi connectivity index (χ1n) is 9.55. The largest absolute Gasteiger partial charge is 0.377 e. The Balaban J connectivity index is 1.81. The highest BCUT2D eigenvalue weighted by atomic mass is 28.4. The minimum Gasteiger partial charge on any atom is -0.377 e. The Kier molecular flexibility index (Phi) is 5.10. The van der Waals surface area contributed by atoms with E-state index in [9.17, 15) is 18.8 Å². The van der Waals surface area contributed by atoms with Crippen LogP contribution in [0.2, 0.25) is 19.1 Å². The number of nitrogens with zero attached hydrogens (tertiary/aromatic N) is 1. The average molecular weight is 417 g/mol. The molecule has 5 nitrogen and oxygen atoms in total. The molecule has 2 atom stereocenters. The van der Waals surface area contributed by atoms with E-state index in [1.54, 1.807) is 12.1 Å². The van der Waals surface area contributed by atoms with Crippen molar-refractivity contribution in [3.8, 4) is 0 Å². The molecule has 0 bridgehead atoms. The second-order valence-electron chi connectivity index (χ2n) is 8.17. The minimum atomic E-state index is -2.27. The minimum absolute atomic E-state index is 0.0187. The number of anilines is 1. The number of ketones is 1. The predicted octanol–water partition coefficient (Wildman–Crippen LogP) is 4.82. The molecule has 0 saturated heterocycles. The average Bonchev–Trinajstić information content (AvgIpc) is 2.69. The lowest BCUT2D eigenvalue weighted by molar-refractivity contribution is -0.150. The van der Waals surface area contributed by atoms with E-state index in [0.717, 1.165) is 11.3 Å². The van der Waals surface area contributed by atoms with E-state index in [1.807, 2.05) is 13.1 Å². The molecule has 152 valence electrons. The van der Waals surface area contributed by atoms with Gasteiger partial charge in [0.15, 0.2) is 5.78 Å². The van der Waals surface area contributed by atoms with Crippen LogP contribution >= 0.6 is 0 Å². The number of halogens is 2. The van der Waals surface area contributed by atoms with Gasteiger partial charge in [0.1, 0.15) is 18.2 Å². The van der Waals surface area contributed by atoms with Gasteiger partial charge in [0.05, 0.1) is 11.8 Å². The molecule has 2 aromatic carbocycles. The SMILES string of the molecule is C[Si](C)(CC[C@H]1C2=NCC(=O)c3cc(F)cc(c32)N[C@@H]1c1ccc(F)cc1)OO. The third-order valence-corrected chi connectivity index (χ3v) is 7.64. The maximum absolute atomic E-state index is 14.2. The van der Waals surface area contributed by atoms with Crippen molar-refractivity contribution in [3.63, 3.8) is 0 Å². The molecule has 2 aliphatic rings. The first kappa shape index (κ1) is 19.9. The zero-order valence-electron chi connectivity index (χ0n) is 16.2. The maximum Gasteiger partial charge on any atom is 0.232 e. The molecule has 0 aliphatic carbocycles. The fraction of sp³-hybridized carbons (Fsp3) is 0.333. The standard InChI is InChI=1S/C21H22F2N2O3Si/c1-29(2,28-27)8-7-15-20(12-3-5-13(22)6-4-12)25-17-10-14(23)9-16-18(26)11-24-21(15)19(16)17/h3-6,9-10,15,20,25,27H,7-8,11H2,1-2H3/t15-,20-/m1/s1. The van der Waals surface area contributed by atoms with Crippen LogP contribution in [0.15, 0.2) is 41.4 Å². The highest BCUT2D eigenvalue weighted by molar-refractivity contribution is 6.70. The van der Waals surface area contributed by atoms with Crippen molar-refractivity contribution in [1.29, 1.82) is 0 Å². The van der Waals surface area contributed by atoms with Crippen LogP contribution in [-0.2, 0) is 4.58 Å². The van der Waals surface area contributed by atoms with Gasteiger partial charge in [-0.2, -0.15) is 0 Å². The lowest BCUT2D eigenvalue weighted by Crippen LogP contribution is -2.39. The number of Topliss-reactive ketones (excluding diaryl/α,β-unsaturated/α-hetero) is 1. The Morgan fingerprint density at radius 1 is 1.21 bits per heavy atom. The molecule has 0 spiro atoms. The molecule has 2 N–H and O–H groups in total. The molecular formula is C21H22F2N2O3Si. The van der Waals surface area contributed by atoms with Gasteiger partial charge in [0.25, 0.3) is 0 Å². The van der Waals surface area contributed by atoms with E-state index in [1.165, 1.54) is 24.3 Å². The molecule has 29 heavy (non-hydrogen) atoms. The van der Waals surface area contributed by atoms with E-state index in [2.05, 4.69) is 10.3 Å². The van der Waals surface area contributed by atoms with Gasteiger partial charge in [-0.05, 0) is 55.4 Å². The van der Waals surface area contributed by atoms with E-state index in [-0.39, 0.29) is 30.1 Å². The second-order valence-corrected chi connectivity index (χ2v) is 12.4. The van der Waals surface area contributed by atoms with Gasteiger partial charge in [-0.15, -0.1) is 0 Å². The van der Waals surface area contributed by atoms with Crippen molar-refractivity contribution >= 4 is 25.5 Å². The zero-order valence-corrected chi connectivity index (χ0v) is 17.2. The van der Waals surface area contributed by atoms with Crippen LogP contribution in [0.4, 0.5) is 14.5 Å². The molecule has 2 aliphatic heterocycles. The van der Waals surface area contributed by atoms with Gasteiger partial charge in [0.2, 0.25) is 8.32 Å². The molecule has 0 aromatic heterocycles. The molecule has 8 heteroatoms. The molecule has 2 heterocycles. The number of nitrogens with one attached hydrogen (secondary N) is 1. The summed E-state index contributed by atoms with van der Waals surface area (Å²) in [4.78, 5) is 16.9. The van der Waals surface area contributed by atoms with Gasteiger partial charge in [-0.1, -0.05) is 12.1 Å². The summed E-state index contributed by atoms with van der Waals surface area (Å²) in [5, 5.41) is 12.6. The van der Waals surface area contributed by atoms with Crippen LogP contribution in [0.25, 0.3) is 0 Å². The fourth-order valence-corrected chi connectivity index (χ4v) is 5.20. The summed E-state index contributed by atoms with van der Waals surface area (Å²) in [6.07, 6.45) is 0.651. The molecule has 2 aromatic rings. The van der Waals surface area contributed by atoms with Gasteiger partial charge < -0.3 is 5.32 Å². The van der Waals surface area contributed by atoms with Crippen LogP contribution in [0.1, 0.15) is 33.9 Å². The van der Waals surface area contributed by atoms with E-state index < -0.39 is 14.1 Å². The number of rotatable bonds is 5. The van der Waals surface area contributed by atoms with Crippen molar-refractivity contribution in [2.75, 3.05) is 11.9 Å². The molecule has 0 fully saturated rings. The van der Waals surface area contributed by atoms with Crippen LogP contribution in [0.5, 0.6) is 0 Å². The molecule has 0 radical (unpaired) electrons. The lowest BCUT2D eigenvalue weighted by Gasteiger charge is -2.39. The van der Waals surface area contributed by atoms with Crippen molar-refractivity contribution < 1.29 is 23.4 Å². The number of carbonyl (C=O) groups is 1. The Hall–Kier alpha value is -2.42. The zero-order chi connectivity index (χ0) is 20.8. The third-order valence-electron chi connectivity index (χ3n) is 5.65. The first-order valence-corrected chi connectivity index (χ1v) is 12.7. The summed E-state index contributed by atoms with van der Waals surface area (Å²) in [5.41, 5.74) is 3.11. The summed E-state index contributed by atoms with van der Waals surface area (Å²) in [6.45, 7) is 3.81. The van der Waals surface area contributed by atoms with Crippen molar-refractivity contribution in [1.82, 2.24) is 0 Å². The van der Waals surface area contributed by atoms with Gasteiger partial charge in [-0.25, -0.2) is 8.78 Å². The Morgan fingerprint density at radius 3 is 2.62 bits per heavy atom. The van der Waals surface area contributed by atoms with Crippen LogP contribution in [0, 0.1) is 17.6 Å². The van der Waals surface area contributed by atoms with Crippen LogP contribution in [-0.4, -0.2) is 31.6 Å². The topological polar surface area (TPSA) is 70.9 Å². The maximum atomic E-state index is 14.2. The summed E-state index contributed by atoms with van der Waals surface area (Å²) >= 11 is 0. The Bertz CT molecular complexity index is 992. The Labute approximate surface area is 168 Å². The summed E-state index contributed by atoms with van der Waals surface area (Å²) in [6, 6.07) is 9.21. The normalized spacial score (nSPS) is 20.7. The monoisotopic (exact) mass is 416 g/mol. The second kappa shape index (κ2) is 7.44. The molecular weight excluding hydrogens is 394 g/mol. The van der Waals surface area contributed by atoms with Gasteiger partial charge in [-0.3, -0.25) is 19.6 Å². The highest BCUT2D eigenvalue weighted by Gasteiger charge is 2.40. The quantitative estimate of drug-likeness (QED) is 0.417. The lowest BCUT2D eigenvalue weighted by atomic mass is 9.77. The number of benzene rings is 2. The van der Waals surface area contributed by atoms with Crippen LogP contribution < -0.4 is 5.32 Å². The number of aliphatic imine (C=N–C) groups is 1. The Morgan fingerprint density at radius 2 is 1.93 bits per heavy atom. The van der Waals surface area contributed by atoms with Crippen molar-refractivity contribution in [2.45, 2.75) is 31.6 Å². The van der Waals surface area contributed by atoms with Crippen LogP contribution in [0.3, 0.4) is 0 Å². The fourth-order valence-electron chi connectivity index (χ4n) is 4.10. The summed E-state index contributed by atoms with van der Waals surface area (Å²) < 4.78 is 32.4. The van der Waals surface area contributed by atoms with Gasteiger partial charge in [0, 0.05) is 22.7 Å². The predicted molar refractivity (Wildman–Crippen MR) is 109 cm³/mol. The summed E-state index contributed by atoms with van der Waals surface area (Å²) in [5.74, 6) is -1.16. The number of hydrogen-bond donors (Lipinski definition) is 2. The van der Waals surface area contributed by atoms with E-state index >= 15 is 0 Å². The smallest absolute Gasteiger partial charge is 0.232 e. The number of carbonyl (C=O) groups excluding carboxylic acids is 1. The molecule has 0 amide bonds. The molecule has 0 saturated carbocycles. The molecule has 4 rings (SSSR count).